The first-order chi connectivity index (χ1) is 9.50. The molecule has 0 heterocycles. The smallest absolute Gasteiger partial charge is 0.236 e. The molecular weight excluding hydrogens is 296 g/mol. The van der Waals surface area contributed by atoms with Crippen LogP contribution in [0, 0.1) is 11.3 Å². The summed E-state index contributed by atoms with van der Waals surface area (Å²) in [4.78, 5) is 0. The molecule has 0 radical (unpaired) electrons. The molecule has 4 nitrogen and oxygen atoms in total. The zero-order chi connectivity index (χ0) is 14.6. The highest BCUT2D eigenvalue weighted by atomic mass is 35.5. The van der Waals surface area contributed by atoms with Crippen LogP contribution in [-0.4, -0.2) is 8.42 Å². The topological polar surface area (TPSA) is 70.0 Å². The third kappa shape index (κ3) is 3.73. The molecule has 2 rings (SSSR count). The zero-order valence-electron chi connectivity index (χ0n) is 10.4. The summed E-state index contributed by atoms with van der Waals surface area (Å²) in [5, 5.41) is 9.07. The molecule has 0 atom stereocenters. The van der Waals surface area contributed by atoms with Crippen molar-refractivity contribution in [3.05, 3.63) is 64.7 Å². The summed E-state index contributed by atoms with van der Waals surface area (Å²) in [7, 11) is -3.58. The van der Waals surface area contributed by atoms with E-state index in [9.17, 15) is 8.42 Å². The number of benzene rings is 2. The highest BCUT2D eigenvalue weighted by Gasteiger charge is 2.14. The lowest BCUT2D eigenvalue weighted by Crippen LogP contribution is -2.15. The normalized spacial score (nSPS) is 10.8. The molecule has 0 aliphatic rings. The van der Waals surface area contributed by atoms with Crippen LogP contribution in [0.3, 0.4) is 0 Å². The van der Waals surface area contributed by atoms with Gasteiger partial charge in [-0.2, -0.15) is 5.26 Å². The second-order valence-corrected chi connectivity index (χ2v) is 6.28. The number of rotatable bonds is 4. The van der Waals surface area contributed by atoms with Crippen LogP contribution in [0.1, 0.15) is 11.1 Å². The van der Waals surface area contributed by atoms with Crippen LogP contribution < -0.4 is 4.72 Å². The minimum absolute atomic E-state index is 0.152. The molecule has 6 heteroatoms. The van der Waals surface area contributed by atoms with Crippen LogP contribution in [0.15, 0.2) is 48.5 Å². The standard InChI is InChI=1S/C14H11ClN2O2S/c15-13-7-6-12(9-16)8-14(13)17-20(18,19)10-11-4-2-1-3-5-11/h1-8,17H,10H2. The van der Waals surface area contributed by atoms with E-state index >= 15 is 0 Å². The summed E-state index contributed by atoms with van der Waals surface area (Å²) < 4.78 is 26.5. The summed E-state index contributed by atoms with van der Waals surface area (Å²) in [6.07, 6.45) is 0. The van der Waals surface area contributed by atoms with Crippen LogP contribution in [0.5, 0.6) is 0 Å². The summed E-state index contributed by atoms with van der Waals surface area (Å²) in [5.41, 5.74) is 1.22. The van der Waals surface area contributed by atoms with Gasteiger partial charge < -0.3 is 0 Å². The van der Waals surface area contributed by atoms with Gasteiger partial charge in [0.25, 0.3) is 0 Å². The third-order valence-electron chi connectivity index (χ3n) is 2.56. The van der Waals surface area contributed by atoms with Crippen molar-refractivity contribution in [2.24, 2.45) is 0 Å². The van der Waals surface area contributed by atoms with E-state index < -0.39 is 10.0 Å². The minimum Gasteiger partial charge on any atom is -0.282 e. The van der Waals surface area contributed by atoms with E-state index in [0.29, 0.717) is 11.1 Å². The maximum Gasteiger partial charge on any atom is 0.236 e. The fourth-order valence-corrected chi connectivity index (χ4v) is 3.10. The van der Waals surface area contributed by atoms with E-state index in [2.05, 4.69) is 4.72 Å². The lowest BCUT2D eigenvalue weighted by atomic mass is 10.2. The molecule has 2 aromatic carbocycles. The summed E-state index contributed by atoms with van der Waals surface area (Å²) in [6, 6.07) is 15.2. The molecule has 0 saturated heterocycles. The Kier molecular flexibility index (Phi) is 4.28. The SMILES string of the molecule is N#Cc1ccc(Cl)c(NS(=O)(=O)Cc2ccccc2)c1. The van der Waals surface area contributed by atoms with Gasteiger partial charge in [0.2, 0.25) is 10.0 Å². The van der Waals surface area contributed by atoms with Crippen molar-refractivity contribution in [1.82, 2.24) is 0 Å². The summed E-state index contributed by atoms with van der Waals surface area (Å²) in [6.45, 7) is 0. The molecule has 20 heavy (non-hydrogen) atoms. The van der Waals surface area contributed by atoms with Crippen molar-refractivity contribution >= 4 is 27.3 Å². The predicted molar refractivity (Wildman–Crippen MR) is 78.9 cm³/mol. The predicted octanol–water partition coefficient (Wildman–Crippen LogP) is 3.15. The fourth-order valence-electron chi connectivity index (χ4n) is 1.67. The molecule has 0 spiro atoms. The van der Waals surface area contributed by atoms with Gasteiger partial charge in [-0.3, -0.25) is 4.72 Å². The maximum atomic E-state index is 12.1. The second-order valence-electron chi connectivity index (χ2n) is 4.15. The molecule has 102 valence electrons. The van der Waals surface area contributed by atoms with E-state index in [4.69, 9.17) is 16.9 Å². The van der Waals surface area contributed by atoms with Crippen molar-refractivity contribution in [2.45, 2.75) is 5.75 Å². The van der Waals surface area contributed by atoms with Gasteiger partial charge in [-0.1, -0.05) is 41.9 Å². The lowest BCUT2D eigenvalue weighted by Gasteiger charge is -2.10. The average Bonchev–Trinajstić information content (AvgIpc) is 2.41. The summed E-state index contributed by atoms with van der Waals surface area (Å²) in [5.74, 6) is -0.152. The molecule has 0 bridgehead atoms. The van der Waals surface area contributed by atoms with Crippen LogP contribution in [0.4, 0.5) is 5.69 Å². The Morgan fingerprint density at radius 1 is 1.15 bits per heavy atom. The van der Waals surface area contributed by atoms with Crippen LogP contribution in [-0.2, 0) is 15.8 Å². The first-order valence-corrected chi connectivity index (χ1v) is 7.77. The van der Waals surface area contributed by atoms with E-state index in [1.165, 1.54) is 18.2 Å². The molecule has 0 aliphatic carbocycles. The maximum absolute atomic E-state index is 12.1. The van der Waals surface area contributed by atoms with E-state index in [-0.39, 0.29) is 16.5 Å². The largest absolute Gasteiger partial charge is 0.282 e. The molecular formula is C14H11ClN2O2S. The minimum atomic E-state index is -3.58. The molecule has 0 amide bonds. The second kappa shape index (κ2) is 5.95. The van der Waals surface area contributed by atoms with Crippen molar-refractivity contribution in [1.29, 1.82) is 5.26 Å². The number of hydrogen-bond acceptors (Lipinski definition) is 3. The molecule has 0 fully saturated rings. The van der Waals surface area contributed by atoms with Gasteiger partial charge in [0.15, 0.2) is 0 Å². The molecule has 0 saturated carbocycles. The van der Waals surface area contributed by atoms with E-state index in [0.717, 1.165) is 0 Å². The number of nitrogens with one attached hydrogen (secondary N) is 1. The highest BCUT2D eigenvalue weighted by Crippen LogP contribution is 2.24. The molecule has 1 N–H and O–H groups in total. The molecule has 2 aromatic rings. The number of sulfonamides is 1. The van der Waals surface area contributed by atoms with Gasteiger partial charge in [-0.15, -0.1) is 0 Å². The van der Waals surface area contributed by atoms with Gasteiger partial charge in [-0.25, -0.2) is 8.42 Å². The van der Waals surface area contributed by atoms with Gasteiger partial charge in [0.05, 0.1) is 28.1 Å². The zero-order valence-corrected chi connectivity index (χ0v) is 11.9. The number of nitriles is 1. The van der Waals surface area contributed by atoms with Gasteiger partial charge in [0.1, 0.15) is 0 Å². The fraction of sp³-hybridized carbons (Fsp3) is 0.0714. The first-order valence-electron chi connectivity index (χ1n) is 5.74. The van der Waals surface area contributed by atoms with Gasteiger partial charge in [0, 0.05) is 0 Å². The van der Waals surface area contributed by atoms with Crippen LogP contribution in [0.2, 0.25) is 5.02 Å². The van der Waals surface area contributed by atoms with E-state index in [1.807, 2.05) is 12.1 Å². The number of anilines is 1. The monoisotopic (exact) mass is 306 g/mol. The summed E-state index contributed by atoms with van der Waals surface area (Å²) >= 11 is 5.93. The van der Waals surface area contributed by atoms with Gasteiger partial charge >= 0.3 is 0 Å². The first kappa shape index (κ1) is 14.4. The van der Waals surface area contributed by atoms with Crippen molar-refractivity contribution in [3.63, 3.8) is 0 Å². The average molecular weight is 307 g/mol. The van der Waals surface area contributed by atoms with Crippen LogP contribution in [0.25, 0.3) is 0 Å². The Morgan fingerprint density at radius 3 is 2.50 bits per heavy atom. The lowest BCUT2D eigenvalue weighted by molar-refractivity contribution is 0.600. The number of hydrogen-bond donors (Lipinski definition) is 1. The van der Waals surface area contributed by atoms with Crippen molar-refractivity contribution in [3.8, 4) is 6.07 Å². The Balaban J connectivity index is 2.23. The van der Waals surface area contributed by atoms with E-state index in [1.54, 1.807) is 24.3 Å². The Morgan fingerprint density at radius 2 is 1.85 bits per heavy atom. The Hall–Kier alpha value is -2.03. The highest BCUT2D eigenvalue weighted by molar-refractivity contribution is 7.91. The third-order valence-corrected chi connectivity index (χ3v) is 4.13. The van der Waals surface area contributed by atoms with Crippen molar-refractivity contribution in [2.75, 3.05) is 4.72 Å². The van der Waals surface area contributed by atoms with Gasteiger partial charge in [-0.05, 0) is 23.8 Å². The van der Waals surface area contributed by atoms with Crippen LogP contribution >= 0.6 is 11.6 Å². The quantitative estimate of drug-likeness (QED) is 0.943. The number of nitrogens with zero attached hydrogens (tertiary/aromatic N) is 1. The molecule has 0 unspecified atom stereocenters. The Bertz CT molecular complexity index is 752. The Labute approximate surface area is 122 Å². The number of halogens is 1. The molecule has 0 aliphatic heterocycles. The van der Waals surface area contributed by atoms with Crippen molar-refractivity contribution < 1.29 is 8.42 Å². The molecule has 0 aromatic heterocycles.